The summed E-state index contributed by atoms with van der Waals surface area (Å²) in [5.74, 6) is 1.51. The highest BCUT2D eigenvalue weighted by Gasteiger charge is 2.25. The minimum absolute atomic E-state index is 0.0285. The van der Waals surface area contributed by atoms with Crippen LogP contribution in [0.25, 0.3) is 6.08 Å². The molecular weight excluding hydrogens is 326 g/mol. The number of amides is 1. The molecule has 1 heterocycles. The third-order valence-electron chi connectivity index (χ3n) is 5.03. The molecule has 0 N–H and O–H groups in total. The third kappa shape index (κ3) is 3.59. The maximum absolute atomic E-state index is 13.0. The number of hydrogen-bond acceptors (Lipinski definition) is 3. The number of nitrogens with zero attached hydrogens (tertiary/aromatic N) is 1. The molecule has 4 nitrogen and oxygen atoms in total. The van der Waals surface area contributed by atoms with Crippen LogP contribution in [0.1, 0.15) is 37.7 Å². The van der Waals surface area contributed by atoms with E-state index in [4.69, 9.17) is 9.47 Å². The molecule has 2 aromatic carbocycles. The summed E-state index contributed by atoms with van der Waals surface area (Å²) in [6.07, 6.45) is 9.29. The normalized spacial score (nSPS) is 16.8. The van der Waals surface area contributed by atoms with Gasteiger partial charge in [-0.3, -0.25) is 4.79 Å². The molecule has 1 saturated carbocycles. The number of carbonyl (C=O) groups is 1. The zero-order chi connectivity index (χ0) is 17.8. The van der Waals surface area contributed by atoms with Crippen LogP contribution in [0.2, 0.25) is 0 Å². The van der Waals surface area contributed by atoms with Crippen molar-refractivity contribution in [3.8, 4) is 11.5 Å². The smallest absolute Gasteiger partial charge is 0.251 e. The molecule has 1 aliphatic carbocycles. The van der Waals surface area contributed by atoms with Crippen LogP contribution in [-0.2, 0) is 4.79 Å². The van der Waals surface area contributed by atoms with Crippen LogP contribution in [0.3, 0.4) is 0 Å². The minimum atomic E-state index is 0.0285. The quantitative estimate of drug-likeness (QED) is 0.745. The van der Waals surface area contributed by atoms with Gasteiger partial charge in [0.05, 0.1) is 0 Å². The van der Waals surface area contributed by atoms with Gasteiger partial charge in [-0.25, -0.2) is 0 Å². The Morgan fingerprint density at radius 1 is 0.962 bits per heavy atom. The summed E-state index contributed by atoms with van der Waals surface area (Å²) in [5, 5.41) is 0. The van der Waals surface area contributed by atoms with Crippen LogP contribution >= 0.6 is 0 Å². The van der Waals surface area contributed by atoms with Crippen molar-refractivity contribution in [3.05, 3.63) is 60.2 Å². The first-order chi connectivity index (χ1) is 12.8. The highest BCUT2D eigenvalue weighted by atomic mass is 16.7. The van der Waals surface area contributed by atoms with E-state index in [-0.39, 0.29) is 18.7 Å². The lowest BCUT2D eigenvalue weighted by Gasteiger charge is -2.33. The Morgan fingerprint density at radius 2 is 1.73 bits per heavy atom. The second-order valence-corrected chi connectivity index (χ2v) is 6.78. The van der Waals surface area contributed by atoms with Gasteiger partial charge in [-0.1, -0.05) is 43.5 Å². The number of ether oxygens (including phenoxy) is 2. The molecule has 0 bridgehead atoms. The lowest BCUT2D eigenvalue weighted by atomic mass is 9.93. The van der Waals surface area contributed by atoms with Crippen molar-refractivity contribution >= 4 is 17.7 Å². The molecule has 0 radical (unpaired) electrons. The van der Waals surface area contributed by atoms with Gasteiger partial charge in [-0.2, -0.15) is 0 Å². The molecule has 0 saturated heterocycles. The zero-order valence-electron chi connectivity index (χ0n) is 14.8. The van der Waals surface area contributed by atoms with E-state index in [2.05, 4.69) is 0 Å². The van der Waals surface area contributed by atoms with Gasteiger partial charge in [0, 0.05) is 17.8 Å². The van der Waals surface area contributed by atoms with Gasteiger partial charge in [0.15, 0.2) is 11.5 Å². The second kappa shape index (κ2) is 7.65. The van der Waals surface area contributed by atoms with Crippen molar-refractivity contribution in [1.82, 2.24) is 0 Å². The summed E-state index contributed by atoms with van der Waals surface area (Å²) in [7, 11) is 0. The van der Waals surface area contributed by atoms with E-state index in [1.54, 1.807) is 6.08 Å². The van der Waals surface area contributed by atoms with Gasteiger partial charge in [-0.05, 0) is 48.7 Å². The van der Waals surface area contributed by atoms with Crippen LogP contribution in [0.15, 0.2) is 54.6 Å². The molecule has 0 aromatic heterocycles. The SMILES string of the molecule is O=C(C=Cc1ccc2c(c1)OCO2)N(c1ccccc1)C1CCCCC1. The Morgan fingerprint density at radius 3 is 2.54 bits per heavy atom. The Balaban J connectivity index is 1.56. The van der Waals surface area contributed by atoms with E-state index in [0.29, 0.717) is 0 Å². The maximum atomic E-state index is 13.0. The topological polar surface area (TPSA) is 38.8 Å². The summed E-state index contributed by atoms with van der Waals surface area (Å²) in [5.41, 5.74) is 1.90. The maximum Gasteiger partial charge on any atom is 0.251 e. The average Bonchev–Trinajstić information content (AvgIpc) is 3.16. The summed E-state index contributed by atoms with van der Waals surface area (Å²) >= 11 is 0. The fraction of sp³-hybridized carbons (Fsp3) is 0.318. The molecule has 4 heteroatoms. The van der Waals surface area contributed by atoms with Crippen LogP contribution in [0.4, 0.5) is 5.69 Å². The van der Waals surface area contributed by atoms with E-state index >= 15 is 0 Å². The third-order valence-corrected chi connectivity index (χ3v) is 5.03. The molecule has 1 amide bonds. The average molecular weight is 349 g/mol. The predicted molar refractivity (Wildman–Crippen MR) is 102 cm³/mol. The number of carbonyl (C=O) groups excluding carboxylic acids is 1. The Kier molecular flexibility index (Phi) is 4.91. The van der Waals surface area contributed by atoms with Gasteiger partial charge in [0.1, 0.15) is 0 Å². The number of para-hydroxylation sites is 1. The summed E-state index contributed by atoms with van der Waals surface area (Å²) < 4.78 is 10.7. The largest absolute Gasteiger partial charge is 0.454 e. The van der Waals surface area contributed by atoms with E-state index in [9.17, 15) is 4.79 Å². The standard InChI is InChI=1S/C22H23NO3/c24-22(14-12-17-11-13-20-21(15-17)26-16-25-20)23(18-7-3-1-4-8-18)19-9-5-2-6-10-19/h1,3-4,7-8,11-15,19H,2,5-6,9-10,16H2. The first kappa shape index (κ1) is 16.7. The van der Waals surface area contributed by atoms with Gasteiger partial charge in [0.25, 0.3) is 5.91 Å². The van der Waals surface area contributed by atoms with E-state index in [1.807, 2.05) is 59.5 Å². The highest BCUT2D eigenvalue weighted by Crippen LogP contribution is 2.33. The second-order valence-electron chi connectivity index (χ2n) is 6.78. The minimum Gasteiger partial charge on any atom is -0.454 e. The molecule has 0 unspecified atom stereocenters. The molecule has 0 atom stereocenters. The van der Waals surface area contributed by atoms with Gasteiger partial charge in [-0.15, -0.1) is 0 Å². The number of hydrogen-bond donors (Lipinski definition) is 0. The molecule has 1 fully saturated rings. The van der Waals surface area contributed by atoms with Crippen LogP contribution in [0.5, 0.6) is 11.5 Å². The summed E-state index contributed by atoms with van der Waals surface area (Å²) in [4.78, 5) is 15.0. The molecule has 1 aliphatic heterocycles. The van der Waals surface area contributed by atoms with Crippen LogP contribution < -0.4 is 14.4 Å². The van der Waals surface area contributed by atoms with Crippen molar-refractivity contribution in [2.45, 2.75) is 38.1 Å². The molecule has 2 aliphatic rings. The molecule has 0 spiro atoms. The van der Waals surface area contributed by atoms with E-state index in [0.717, 1.165) is 35.6 Å². The fourth-order valence-electron chi connectivity index (χ4n) is 3.71. The van der Waals surface area contributed by atoms with Crippen molar-refractivity contribution in [1.29, 1.82) is 0 Å². The lowest BCUT2D eigenvalue weighted by molar-refractivity contribution is -0.114. The lowest BCUT2D eigenvalue weighted by Crippen LogP contribution is -2.40. The number of rotatable bonds is 4. The summed E-state index contributed by atoms with van der Waals surface area (Å²) in [6, 6.07) is 16.0. The van der Waals surface area contributed by atoms with Gasteiger partial charge in [0.2, 0.25) is 6.79 Å². The van der Waals surface area contributed by atoms with E-state index in [1.165, 1.54) is 19.3 Å². The molecule has 134 valence electrons. The fourth-order valence-corrected chi connectivity index (χ4v) is 3.71. The van der Waals surface area contributed by atoms with Crippen LogP contribution in [0, 0.1) is 0 Å². The number of benzene rings is 2. The summed E-state index contributed by atoms with van der Waals surface area (Å²) in [6.45, 7) is 0.255. The zero-order valence-corrected chi connectivity index (χ0v) is 14.8. The first-order valence-corrected chi connectivity index (χ1v) is 9.27. The van der Waals surface area contributed by atoms with Gasteiger partial charge < -0.3 is 14.4 Å². The van der Waals surface area contributed by atoms with Crippen molar-refractivity contribution in [3.63, 3.8) is 0 Å². The van der Waals surface area contributed by atoms with E-state index < -0.39 is 0 Å². The van der Waals surface area contributed by atoms with Crippen molar-refractivity contribution < 1.29 is 14.3 Å². The monoisotopic (exact) mass is 349 g/mol. The highest BCUT2D eigenvalue weighted by molar-refractivity contribution is 6.04. The first-order valence-electron chi connectivity index (χ1n) is 9.27. The Bertz CT molecular complexity index is 794. The van der Waals surface area contributed by atoms with Gasteiger partial charge >= 0.3 is 0 Å². The molecule has 2 aromatic rings. The van der Waals surface area contributed by atoms with Crippen molar-refractivity contribution in [2.24, 2.45) is 0 Å². The molecule has 26 heavy (non-hydrogen) atoms. The molecule has 4 rings (SSSR count). The van der Waals surface area contributed by atoms with Crippen LogP contribution in [-0.4, -0.2) is 18.7 Å². The Labute approximate surface area is 154 Å². The number of fused-ring (bicyclic) bond motifs is 1. The number of anilines is 1. The van der Waals surface area contributed by atoms with Crippen molar-refractivity contribution in [2.75, 3.05) is 11.7 Å². The Hall–Kier alpha value is -2.75. The predicted octanol–water partition coefficient (Wildman–Crippen LogP) is 4.79. The molecular formula is C22H23NO3.